The number of hydrogen-bond acceptors (Lipinski definition) is 7. The van der Waals surface area contributed by atoms with Crippen molar-refractivity contribution >= 4 is 28.0 Å². The first-order chi connectivity index (χ1) is 17.3. The van der Waals surface area contributed by atoms with Gasteiger partial charge in [0.2, 0.25) is 0 Å². The second kappa shape index (κ2) is 11.8. The van der Waals surface area contributed by atoms with Crippen molar-refractivity contribution in [2.45, 2.75) is 59.3 Å². The number of esters is 1. The van der Waals surface area contributed by atoms with Gasteiger partial charge in [0.1, 0.15) is 22.1 Å². The number of ether oxygens (including phenoxy) is 3. The molecule has 1 aliphatic heterocycles. The van der Waals surface area contributed by atoms with Crippen molar-refractivity contribution in [3.05, 3.63) is 57.1 Å². The lowest BCUT2D eigenvalue weighted by molar-refractivity contribution is -0.00303. The van der Waals surface area contributed by atoms with E-state index in [9.17, 15) is 14.0 Å². The van der Waals surface area contributed by atoms with E-state index in [0.29, 0.717) is 41.9 Å². The highest BCUT2D eigenvalue weighted by Gasteiger charge is 2.33. The van der Waals surface area contributed by atoms with Gasteiger partial charge in [-0.1, -0.05) is 12.1 Å². The van der Waals surface area contributed by atoms with Crippen molar-refractivity contribution < 1.29 is 28.2 Å². The molecule has 2 heterocycles. The van der Waals surface area contributed by atoms with Crippen LogP contribution in [0.15, 0.2) is 28.9 Å². The van der Waals surface area contributed by atoms with E-state index in [1.54, 1.807) is 24.0 Å². The molecule has 1 amide bonds. The topological polar surface area (TPSA) is 81.2 Å². The minimum atomic E-state index is -0.635. The summed E-state index contributed by atoms with van der Waals surface area (Å²) < 4.78 is 31.9. The average Bonchev–Trinajstić information content (AvgIpc) is 2.81. The van der Waals surface area contributed by atoms with Crippen LogP contribution in [-0.2, 0) is 9.47 Å². The zero-order chi connectivity index (χ0) is 27.5. The molecule has 202 valence electrons. The molecule has 2 aromatic rings. The molecular formula is C27H35BrFN3O5. The standard InChI is InChI=1S/C27H35BrFN3O5/c1-16-8-9-19(13-20(16)29)22(36-21-12-17(2)24(28)30-23(21)25(33)35-7)15-31-10-11-32(18(3)14-31)26(34)37-27(4,5)6/h8-9,12-13,18,22H,10-11,14-15H2,1-7H3/t18-,22-/m1/s1. The minimum absolute atomic E-state index is 0.0284. The van der Waals surface area contributed by atoms with Crippen LogP contribution in [0.5, 0.6) is 5.75 Å². The first kappa shape index (κ1) is 28.8. The van der Waals surface area contributed by atoms with Crippen molar-refractivity contribution in [2.75, 3.05) is 33.3 Å². The number of carbonyl (C=O) groups is 2. The Morgan fingerprint density at radius 1 is 1.19 bits per heavy atom. The molecule has 1 aromatic heterocycles. The van der Waals surface area contributed by atoms with E-state index in [1.807, 2.05) is 40.7 Å². The Kier molecular flexibility index (Phi) is 9.18. The van der Waals surface area contributed by atoms with Crippen LogP contribution < -0.4 is 4.74 Å². The summed E-state index contributed by atoms with van der Waals surface area (Å²) in [6.45, 7) is 13.1. The van der Waals surface area contributed by atoms with E-state index in [1.165, 1.54) is 13.2 Å². The number of piperazine rings is 1. The number of carbonyl (C=O) groups excluding carboxylic acids is 2. The third-order valence-corrected chi connectivity index (χ3v) is 6.90. The molecule has 10 heteroatoms. The maximum absolute atomic E-state index is 14.6. The van der Waals surface area contributed by atoms with Gasteiger partial charge in [0.05, 0.1) is 7.11 Å². The summed E-state index contributed by atoms with van der Waals surface area (Å²) in [7, 11) is 1.28. The van der Waals surface area contributed by atoms with E-state index < -0.39 is 17.7 Å². The van der Waals surface area contributed by atoms with Gasteiger partial charge >= 0.3 is 12.1 Å². The van der Waals surface area contributed by atoms with Crippen molar-refractivity contribution in [3.8, 4) is 5.75 Å². The summed E-state index contributed by atoms with van der Waals surface area (Å²) in [5, 5.41) is 0. The van der Waals surface area contributed by atoms with Gasteiger partial charge in [-0.15, -0.1) is 0 Å². The maximum atomic E-state index is 14.6. The Morgan fingerprint density at radius 3 is 2.49 bits per heavy atom. The van der Waals surface area contributed by atoms with Crippen LogP contribution in [0.2, 0.25) is 0 Å². The molecule has 1 saturated heterocycles. The Hall–Kier alpha value is -2.72. The maximum Gasteiger partial charge on any atom is 0.410 e. The zero-order valence-electron chi connectivity index (χ0n) is 22.4. The van der Waals surface area contributed by atoms with Crippen LogP contribution in [-0.4, -0.2) is 71.8 Å². The molecule has 8 nitrogen and oxygen atoms in total. The highest BCUT2D eigenvalue weighted by atomic mass is 79.9. The van der Waals surface area contributed by atoms with E-state index in [4.69, 9.17) is 14.2 Å². The summed E-state index contributed by atoms with van der Waals surface area (Å²) in [5.41, 5.74) is 1.38. The summed E-state index contributed by atoms with van der Waals surface area (Å²) >= 11 is 3.35. The van der Waals surface area contributed by atoms with Crippen LogP contribution in [0.25, 0.3) is 0 Å². The van der Waals surface area contributed by atoms with E-state index in [0.717, 1.165) is 5.56 Å². The third kappa shape index (κ3) is 7.41. The SMILES string of the molecule is COC(=O)c1nc(Br)c(C)cc1O[C@H](CN1CCN(C(=O)OC(C)(C)C)[C@H](C)C1)c1ccc(C)c(F)c1. The molecular weight excluding hydrogens is 545 g/mol. The van der Waals surface area contributed by atoms with Crippen LogP contribution in [0.4, 0.5) is 9.18 Å². The lowest BCUT2D eigenvalue weighted by Gasteiger charge is -2.41. The molecule has 37 heavy (non-hydrogen) atoms. The smallest absolute Gasteiger partial charge is 0.410 e. The van der Waals surface area contributed by atoms with E-state index in [-0.39, 0.29) is 29.4 Å². The molecule has 0 N–H and O–H groups in total. The highest BCUT2D eigenvalue weighted by Crippen LogP contribution is 2.31. The first-order valence-electron chi connectivity index (χ1n) is 12.2. The van der Waals surface area contributed by atoms with Gasteiger partial charge in [-0.05, 0) is 86.3 Å². The van der Waals surface area contributed by atoms with Gasteiger partial charge in [-0.3, -0.25) is 4.90 Å². The number of halogens is 2. The number of pyridine rings is 1. The quantitative estimate of drug-likeness (QED) is 0.332. The Balaban J connectivity index is 1.87. The fraction of sp³-hybridized carbons (Fsp3) is 0.519. The van der Waals surface area contributed by atoms with Crippen LogP contribution in [0.1, 0.15) is 61.0 Å². The first-order valence-corrected chi connectivity index (χ1v) is 13.0. The van der Waals surface area contributed by atoms with Crippen LogP contribution >= 0.6 is 15.9 Å². The molecule has 1 aromatic carbocycles. The normalized spacial score (nSPS) is 17.3. The van der Waals surface area contributed by atoms with Crippen molar-refractivity contribution in [2.24, 2.45) is 0 Å². The summed E-state index contributed by atoms with van der Waals surface area (Å²) in [4.78, 5) is 33.3. The van der Waals surface area contributed by atoms with Crippen LogP contribution in [0.3, 0.4) is 0 Å². The van der Waals surface area contributed by atoms with E-state index in [2.05, 4.69) is 25.8 Å². The molecule has 1 aliphatic rings. The number of methoxy groups -OCH3 is 1. The fourth-order valence-electron chi connectivity index (χ4n) is 4.10. The lowest BCUT2D eigenvalue weighted by atomic mass is 10.0. The van der Waals surface area contributed by atoms with E-state index >= 15 is 0 Å². The second-order valence-corrected chi connectivity index (χ2v) is 11.1. The predicted molar refractivity (Wildman–Crippen MR) is 141 cm³/mol. The fourth-order valence-corrected chi connectivity index (χ4v) is 4.39. The molecule has 0 saturated carbocycles. The molecule has 2 atom stereocenters. The Labute approximate surface area is 226 Å². The average molecular weight is 580 g/mol. The molecule has 0 spiro atoms. The number of rotatable bonds is 6. The minimum Gasteiger partial charge on any atom is -0.482 e. The van der Waals surface area contributed by atoms with Crippen molar-refractivity contribution in [1.82, 2.24) is 14.8 Å². The summed E-state index contributed by atoms with van der Waals surface area (Å²) in [6.07, 6.45) is -0.951. The van der Waals surface area contributed by atoms with Gasteiger partial charge < -0.3 is 19.1 Å². The van der Waals surface area contributed by atoms with Gasteiger partial charge in [0, 0.05) is 32.2 Å². The molecule has 1 fully saturated rings. The number of aryl methyl sites for hydroxylation is 2. The monoisotopic (exact) mass is 579 g/mol. The van der Waals surface area contributed by atoms with Gasteiger partial charge in [-0.25, -0.2) is 19.0 Å². The third-order valence-electron chi connectivity index (χ3n) is 6.10. The summed E-state index contributed by atoms with van der Waals surface area (Å²) in [5.74, 6) is -0.726. The predicted octanol–water partition coefficient (Wildman–Crippen LogP) is 5.45. The molecule has 0 unspecified atom stereocenters. The van der Waals surface area contributed by atoms with Crippen LogP contribution in [0, 0.1) is 19.7 Å². The molecule has 3 rings (SSSR count). The Bertz CT molecular complexity index is 1150. The van der Waals surface area contributed by atoms with Crippen molar-refractivity contribution in [1.29, 1.82) is 0 Å². The highest BCUT2D eigenvalue weighted by molar-refractivity contribution is 9.10. The molecule has 0 aliphatic carbocycles. The van der Waals surface area contributed by atoms with Crippen molar-refractivity contribution in [3.63, 3.8) is 0 Å². The second-order valence-electron chi connectivity index (χ2n) is 10.3. The molecule has 0 radical (unpaired) electrons. The number of hydrogen-bond donors (Lipinski definition) is 0. The van der Waals surface area contributed by atoms with Gasteiger partial charge in [0.15, 0.2) is 11.4 Å². The molecule has 0 bridgehead atoms. The Morgan fingerprint density at radius 2 is 1.89 bits per heavy atom. The number of benzene rings is 1. The number of nitrogens with zero attached hydrogens (tertiary/aromatic N) is 3. The van der Waals surface area contributed by atoms with Gasteiger partial charge in [0.25, 0.3) is 0 Å². The lowest BCUT2D eigenvalue weighted by Crippen LogP contribution is -2.55. The van der Waals surface area contributed by atoms with Gasteiger partial charge in [-0.2, -0.15) is 0 Å². The largest absolute Gasteiger partial charge is 0.482 e. The summed E-state index contributed by atoms with van der Waals surface area (Å²) in [6, 6.07) is 6.60. The number of aromatic nitrogens is 1. The number of amides is 1. The zero-order valence-corrected chi connectivity index (χ0v) is 24.0.